The summed E-state index contributed by atoms with van der Waals surface area (Å²) in [6.45, 7) is 0. The van der Waals surface area contributed by atoms with Crippen molar-refractivity contribution >= 4 is 21.9 Å². The van der Waals surface area contributed by atoms with Crippen LogP contribution in [0.5, 0.6) is 0 Å². The quantitative estimate of drug-likeness (QED) is 0.849. The lowest BCUT2D eigenvalue weighted by molar-refractivity contribution is -0.139. The van der Waals surface area contributed by atoms with Crippen molar-refractivity contribution in [3.63, 3.8) is 0 Å². The van der Waals surface area contributed by atoms with Gasteiger partial charge in [0.2, 0.25) is 0 Å². The summed E-state index contributed by atoms with van der Waals surface area (Å²) >= 11 is 3.45. The first-order valence-electron chi connectivity index (χ1n) is 5.15. The SMILES string of the molecule is O=C(O)[C@H]1C[C@@]12CCc1cc(Br)ccc12. The third-order valence-electron chi connectivity index (χ3n) is 3.82. The van der Waals surface area contributed by atoms with Crippen LogP contribution in [0, 0.1) is 5.92 Å². The molecule has 1 fully saturated rings. The van der Waals surface area contributed by atoms with Gasteiger partial charge in [0.15, 0.2) is 0 Å². The predicted octanol–water partition coefficient (Wildman–Crippen LogP) is 2.74. The molecule has 1 N–H and O–H groups in total. The number of aryl methyl sites for hydroxylation is 1. The molecule has 2 aliphatic carbocycles. The van der Waals surface area contributed by atoms with Crippen molar-refractivity contribution in [1.29, 1.82) is 0 Å². The van der Waals surface area contributed by atoms with Crippen molar-refractivity contribution in [3.8, 4) is 0 Å². The molecule has 0 aliphatic heterocycles. The number of halogens is 1. The molecule has 0 bridgehead atoms. The number of benzene rings is 1. The van der Waals surface area contributed by atoms with Gasteiger partial charge in [0, 0.05) is 9.89 Å². The lowest BCUT2D eigenvalue weighted by Crippen LogP contribution is -2.11. The highest BCUT2D eigenvalue weighted by molar-refractivity contribution is 9.10. The number of fused-ring (bicyclic) bond motifs is 2. The second-order valence-corrected chi connectivity index (χ2v) is 5.47. The zero-order chi connectivity index (χ0) is 10.6. The Morgan fingerprint density at radius 3 is 3.00 bits per heavy atom. The lowest BCUT2D eigenvalue weighted by Gasteiger charge is -2.09. The number of aliphatic carboxylic acids is 1. The molecule has 0 amide bonds. The standard InChI is InChI=1S/C12H11BrO2/c13-8-1-2-9-7(5-8)3-4-12(9)6-10(12)11(14)15/h1-2,5,10H,3-4,6H2,(H,14,15)/t10-,12-/m1/s1. The molecule has 2 atom stereocenters. The third kappa shape index (κ3) is 1.19. The van der Waals surface area contributed by atoms with E-state index in [4.69, 9.17) is 5.11 Å². The van der Waals surface area contributed by atoms with Crippen LogP contribution in [-0.4, -0.2) is 11.1 Å². The van der Waals surface area contributed by atoms with Crippen molar-refractivity contribution in [2.24, 2.45) is 5.92 Å². The second-order valence-electron chi connectivity index (χ2n) is 4.55. The molecular weight excluding hydrogens is 256 g/mol. The van der Waals surface area contributed by atoms with Crippen molar-refractivity contribution in [3.05, 3.63) is 33.8 Å². The van der Waals surface area contributed by atoms with E-state index in [1.54, 1.807) is 0 Å². The van der Waals surface area contributed by atoms with Crippen LogP contribution < -0.4 is 0 Å². The van der Waals surface area contributed by atoms with E-state index in [9.17, 15) is 4.79 Å². The maximum absolute atomic E-state index is 11.0. The molecule has 3 rings (SSSR count). The fourth-order valence-corrected chi connectivity index (χ4v) is 3.36. The lowest BCUT2D eigenvalue weighted by atomic mass is 9.95. The molecule has 0 unspecified atom stereocenters. The van der Waals surface area contributed by atoms with Gasteiger partial charge in [-0.25, -0.2) is 0 Å². The predicted molar refractivity (Wildman–Crippen MR) is 59.9 cm³/mol. The second kappa shape index (κ2) is 2.85. The van der Waals surface area contributed by atoms with Gasteiger partial charge >= 0.3 is 5.97 Å². The van der Waals surface area contributed by atoms with Crippen LogP contribution in [-0.2, 0) is 16.6 Å². The average Bonchev–Trinajstić information content (AvgIpc) is 2.80. The highest BCUT2D eigenvalue weighted by Gasteiger charge is 2.61. The van der Waals surface area contributed by atoms with Crippen molar-refractivity contribution in [2.45, 2.75) is 24.7 Å². The van der Waals surface area contributed by atoms with Gasteiger partial charge in [-0.15, -0.1) is 0 Å². The zero-order valence-electron chi connectivity index (χ0n) is 8.16. The summed E-state index contributed by atoms with van der Waals surface area (Å²) in [6.07, 6.45) is 2.87. The molecule has 15 heavy (non-hydrogen) atoms. The molecule has 3 heteroatoms. The maximum Gasteiger partial charge on any atom is 0.307 e. The van der Waals surface area contributed by atoms with Gasteiger partial charge in [-0.05, 0) is 42.5 Å². The summed E-state index contributed by atoms with van der Waals surface area (Å²) in [6, 6.07) is 6.24. The molecule has 0 radical (unpaired) electrons. The third-order valence-corrected chi connectivity index (χ3v) is 4.31. The smallest absolute Gasteiger partial charge is 0.307 e. The maximum atomic E-state index is 11.0. The molecule has 2 aliphatic rings. The van der Waals surface area contributed by atoms with Gasteiger partial charge < -0.3 is 5.11 Å². The van der Waals surface area contributed by atoms with E-state index in [2.05, 4.69) is 28.1 Å². The van der Waals surface area contributed by atoms with Crippen LogP contribution in [0.2, 0.25) is 0 Å². The normalized spacial score (nSPS) is 31.7. The number of carbonyl (C=O) groups is 1. The van der Waals surface area contributed by atoms with Crippen LogP contribution in [0.15, 0.2) is 22.7 Å². The molecule has 0 aromatic heterocycles. The Morgan fingerprint density at radius 1 is 1.53 bits per heavy atom. The Morgan fingerprint density at radius 2 is 2.33 bits per heavy atom. The van der Waals surface area contributed by atoms with E-state index in [0.717, 1.165) is 23.7 Å². The highest BCUT2D eigenvalue weighted by Crippen LogP contribution is 2.61. The van der Waals surface area contributed by atoms with Crippen LogP contribution in [0.4, 0.5) is 0 Å². The van der Waals surface area contributed by atoms with Gasteiger partial charge in [-0.2, -0.15) is 0 Å². The average molecular weight is 267 g/mol. The van der Waals surface area contributed by atoms with E-state index in [0.29, 0.717) is 0 Å². The van der Waals surface area contributed by atoms with E-state index >= 15 is 0 Å². The van der Waals surface area contributed by atoms with Crippen LogP contribution in [0.3, 0.4) is 0 Å². The van der Waals surface area contributed by atoms with Crippen LogP contribution in [0.25, 0.3) is 0 Å². The molecular formula is C12H11BrO2. The van der Waals surface area contributed by atoms with Crippen LogP contribution >= 0.6 is 15.9 Å². The number of carboxylic acids is 1. The van der Waals surface area contributed by atoms with E-state index in [1.807, 2.05) is 6.07 Å². The van der Waals surface area contributed by atoms with Gasteiger partial charge in [-0.3, -0.25) is 4.79 Å². The summed E-state index contributed by atoms with van der Waals surface area (Å²) in [5, 5.41) is 9.05. The zero-order valence-corrected chi connectivity index (χ0v) is 9.75. The Bertz CT molecular complexity index is 455. The first kappa shape index (κ1) is 9.40. The fourth-order valence-electron chi connectivity index (χ4n) is 2.95. The summed E-state index contributed by atoms with van der Waals surface area (Å²) in [7, 11) is 0. The number of hydrogen-bond acceptors (Lipinski definition) is 1. The topological polar surface area (TPSA) is 37.3 Å². The summed E-state index contributed by atoms with van der Waals surface area (Å²) in [5.74, 6) is -0.773. The fraction of sp³-hybridized carbons (Fsp3) is 0.417. The highest BCUT2D eigenvalue weighted by atomic mass is 79.9. The molecule has 2 nitrogen and oxygen atoms in total. The van der Waals surface area contributed by atoms with E-state index in [1.165, 1.54) is 11.1 Å². The number of hydrogen-bond donors (Lipinski definition) is 1. The van der Waals surface area contributed by atoms with Crippen molar-refractivity contribution in [2.75, 3.05) is 0 Å². The molecule has 1 spiro atoms. The number of rotatable bonds is 1. The minimum Gasteiger partial charge on any atom is -0.481 e. The largest absolute Gasteiger partial charge is 0.481 e. The molecule has 1 saturated carbocycles. The monoisotopic (exact) mass is 266 g/mol. The molecule has 1 aromatic carbocycles. The molecule has 0 heterocycles. The molecule has 0 saturated heterocycles. The Balaban J connectivity index is 2.04. The Kier molecular flexibility index (Phi) is 1.78. The summed E-state index contributed by atoms with van der Waals surface area (Å²) in [4.78, 5) is 11.0. The minimum absolute atomic E-state index is 0.0120. The van der Waals surface area contributed by atoms with Gasteiger partial charge in [0.25, 0.3) is 0 Å². The van der Waals surface area contributed by atoms with Gasteiger partial charge in [0.05, 0.1) is 5.92 Å². The molecule has 1 aromatic rings. The molecule has 78 valence electrons. The number of carboxylic acid groups (broad SMARTS) is 1. The Labute approximate surface area is 96.4 Å². The van der Waals surface area contributed by atoms with E-state index < -0.39 is 5.97 Å². The minimum atomic E-state index is -0.634. The summed E-state index contributed by atoms with van der Waals surface area (Å²) < 4.78 is 1.09. The summed E-state index contributed by atoms with van der Waals surface area (Å²) in [5.41, 5.74) is 2.59. The van der Waals surface area contributed by atoms with E-state index in [-0.39, 0.29) is 11.3 Å². The van der Waals surface area contributed by atoms with Crippen molar-refractivity contribution < 1.29 is 9.90 Å². The Hall–Kier alpha value is -0.830. The van der Waals surface area contributed by atoms with Crippen molar-refractivity contribution in [1.82, 2.24) is 0 Å². The van der Waals surface area contributed by atoms with Gasteiger partial charge in [0.1, 0.15) is 0 Å². The van der Waals surface area contributed by atoms with Crippen LogP contribution in [0.1, 0.15) is 24.0 Å². The first-order chi connectivity index (χ1) is 7.13. The first-order valence-corrected chi connectivity index (χ1v) is 5.94. The van der Waals surface area contributed by atoms with Gasteiger partial charge in [-0.1, -0.05) is 22.0 Å².